The maximum atomic E-state index is 11.3. The van der Waals surface area contributed by atoms with E-state index in [1.165, 1.54) is 0 Å². The van der Waals surface area contributed by atoms with Crippen molar-refractivity contribution in [2.75, 3.05) is 14.1 Å². The summed E-state index contributed by atoms with van der Waals surface area (Å²) in [5.41, 5.74) is 2.82. The van der Waals surface area contributed by atoms with Gasteiger partial charge in [-0.1, -0.05) is 12.1 Å². The Kier molecular flexibility index (Phi) is 4.72. The van der Waals surface area contributed by atoms with E-state index >= 15 is 0 Å². The number of carboxylic acids is 1. The normalized spacial score (nSPS) is 12.5. The summed E-state index contributed by atoms with van der Waals surface area (Å²) < 4.78 is 6.00. The minimum absolute atomic E-state index is 0.443. The van der Waals surface area contributed by atoms with Gasteiger partial charge in [-0.05, 0) is 56.8 Å². The Morgan fingerprint density at radius 3 is 2.64 bits per heavy atom. The molecule has 0 radical (unpaired) electrons. The SMILES string of the molecule is Cc1c[nH]c2nccc(Oc3ccc(C[C@@H](C(=O)O)N(C)C)cc3)c12. The first-order valence-electron chi connectivity index (χ1n) is 8.04. The number of aromatic nitrogens is 2. The van der Waals surface area contributed by atoms with Crippen LogP contribution in [0.1, 0.15) is 11.1 Å². The largest absolute Gasteiger partial charge is 0.480 e. The molecule has 0 spiro atoms. The Morgan fingerprint density at radius 1 is 1.28 bits per heavy atom. The number of aromatic amines is 1. The molecule has 2 N–H and O–H groups in total. The number of ether oxygens (including phenoxy) is 1. The molecule has 0 aliphatic carbocycles. The zero-order valence-corrected chi connectivity index (χ0v) is 14.5. The summed E-state index contributed by atoms with van der Waals surface area (Å²) in [5, 5.41) is 10.2. The maximum absolute atomic E-state index is 11.3. The molecule has 0 fully saturated rings. The molecule has 0 saturated heterocycles. The van der Waals surface area contributed by atoms with Crippen LogP contribution in [0.25, 0.3) is 11.0 Å². The van der Waals surface area contributed by atoms with Crippen LogP contribution >= 0.6 is 0 Å². The van der Waals surface area contributed by atoms with Gasteiger partial charge in [0.25, 0.3) is 0 Å². The third-order valence-corrected chi connectivity index (χ3v) is 4.22. The van der Waals surface area contributed by atoms with E-state index in [-0.39, 0.29) is 0 Å². The van der Waals surface area contributed by atoms with Crippen LogP contribution in [0.3, 0.4) is 0 Å². The molecule has 2 aromatic heterocycles. The molecule has 3 aromatic rings. The third kappa shape index (κ3) is 3.64. The Labute approximate surface area is 146 Å². The molecule has 1 atom stereocenters. The Morgan fingerprint density at radius 2 is 2.00 bits per heavy atom. The molecule has 1 aromatic carbocycles. The number of carbonyl (C=O) groups is 1. The first-order chi connectivity index (χ1) is 12.0. The van der Waals surface area contributed by atoms with Crippen molar-refractivity contribution in [3.63, 3.8) is 0 Å². The number of H-pyrrole nitrogens is 1. The van der Waals surface area contributed by atoms with Gasteiger partial charge in [-0.15, -0.1) is 0 Å². The van der Waals surface area contributed by atoms with E-state index in [1.807, 2.05) is 43.5 Å². The van der Waals surface area contributed by atoms with Gasteiger partial charge in [0.05, 0.1) is 5.39 Å². The second kappa shape index (κ2) is 6.94. The molecule has 0 aliphatic rings. The summed E-state index contributed by atoms with van der Waals surface area (Å²) in [6.07, 6.45) is 4.05. The molecular formula is C19H21N3O3. The van der Waals surface area contributed by atoms with E-state index in [9.17, 15) is 9.90 Å². The highest BCUT2D eigenvalue weighted by Gasteiger charge is 2.20. The molecule has 3 rings (SSSR count). The van der Waals surface area contributed by atoms with Crippen LogP contribution in [-0.4, -0.2) is 46.1 Å². The number of nitrogens with zero attached hydrogens (tertiary/aromatic N) is 2. The molecule has 0 amide bonds. The summed E-state index contributed by atoms with van der Waals surface area (Å²) in [6.45, 7) is 2.00. The number of nitrogens with one attached hydrogen (secondary N) is 1. The zero-order valence-electron chi connectivity index (χ0n) is 14.5. The molecule has 0 bridgehead atoms. The number of pyridine rings is 1. The number of likely N-dealkylation sites (N-methyl/N-ethyl adjacent to an activating group) is 1. The summed E-state index contributed by atoms with van der Waals surface area (Å²) in [7, 11) is 3.54. The lowest BCUT2D eigenvalue weighted by Gasteiger charge is -2.20. The molecule has 130 valence electrons. The van der Waals surface area contributed by atoms with Crippen molar-refractivity contribution in [1.29, 1.82) is 0 Å². The number of hydrogen-bond acceptors (Lipinski definition) is 4. The van der Waals surface area contributed by atoms with E-state index in [0.717, 1.165) is 27.9 Å². The number of hydrogen-bond donors (Lipinski definition) is 2. The highest BCUT2D eigenvalue weighted by molar-refractivity contribution is 5.86. The minimum Gasteiger partial charge on any atom is -0.480 e. The number of rotatable bonds is 6. The molecule has 6 nitrogen and oxygen atoms in total. The Hall–Kier alpha value is -2.86. The van der Waals surface area contributed by atoms with Crippen LogP contribution in [0.4, 0.5) is 0 Å². The number of benzene rings is 1. The summed E-state index contributed by atoms with van der Waals surface area (Å²) in [6, 6.07) is 8.81. The van der Waals surface area contributed by atoms with Crippen molar-refractivity contribution in [1.82, 2.24) is 14.9 Å². The van der Waals surface area contributed by atoms with E-state index in [2.05, 4.69) is 9.97 Å². The van der Waals surface area contributed by atoms with Gasteiger partial charge in [0.15, 0.2) is 0 Å². The number of carboxylic acid groups (broad SMARTS) is 1. The van der Waals surface area contributed by atoms with Gasteiger partial charge in [-0.2, -0.15) is 0 Å². The number of fused-ring (bicyclic) bond motifs is 1. The van der Waals surface area contributed by atoms with Crippen LogP contribution in [0.5, 0.6) is 11.5 Å². The standard InChI is InChI=1S/C19H21N3O3/c1-12-11-21-18-17(12)16(8-9-20-18)25-14-6-4-13(5-7-14)10-15(19(23)24)22(2)3/h4-9,11,15H,10H2,1-3H3,(H,20,21)(H,23,24)/t15-/m0/s1. The maximum Gasteiger partial charge on any atom is 0.321 e. The fourth-order valence-corrected chi connectivity index (χ4v) is 2.80. The number of aliphatic carboxylic acids is 1. The van der Waals surface area contributed by atoms with E-state index in [0.29, 0.717) is 12.2 Å². The minimum atomic E-state index is -0.826. The molecule has 6 heteroatoms. The number of aryl methyl sites for hydroxylation is 1. The zero-order chi connectivity index (χ0) is 18.0. The highest BCUT2D eigenvalue weighted by Crippen LogP contribution is 2.31. The van der Waals surface area contributed by atoms with Crippen molar-refractivity contribution in [2.24, 2.45) is 0 Å². The van der Waals surface area contributed by atoms with Crippen LogP contribution in [0.15, 0.2) is 42.7 Å². The quantitative estimate of drug-likeness (QED) is 0.721. The second-order valence-electron chi connectivity index (χ2n) is 6.27. The van der Waals surface area contributed by atoms with Gasteiger partial charge >= 0.3 is 5.97 Å². The summed E-state index contributed by atoms with van der Waals surface area (Å²) >= 11 is 0. The Balaban J connectivity index is 1.78. The smallest absolute Gasteiger partial charge is 0.321 e. The van der Waals surface area contributed by atoms with E-state index in [1.54, 1.807) is 25.2 Å². The lowest BCUT2D eigenvalue weighted by atomic mass is 10.1. The topological polar surface area (TPSA) is 78.4 Å². The van der Waals surface area contributed by atoms with Gasteiger partial charge in [0, 0.05) is 12.4 Å². The van der Waals surface area contributed by atoms with Crippen LogP contribution in [-0.2, 0) is 11.2 Å². The van der Waals surface area contributed by atoms with Crippen molar-refractivity contribution < 1.29 is 14.6 Å². The van der Waals surface area contributed by atoms with Crippen LogP contribution in [0, 0.1) is 6.92 Å². The average molecular weight is 339 g/mol. The molecule has 2 heterocycles. The van der Waals surface area contributed by atoms with E-state index < -0.39 is 12.0 Å². The van der Waals surface area contributed by atoms with Gasteiger partial charge in [0.1, 0.15) is 23.2 Å². The summed E-state index contributed by atoms with van der Waals surface area (Å²) in [4.78, 5) is 20.4. The van der Waals surface area contributed by atoms with Gasteiger partial charge in [-0.25, -0.2) is 4.98 Å². The van der Waals surface area contributed by atoms with Crippen molar-refractivity contribution >= 4 is 17.0 Å². The van der Waals surface area contributed by atoms with Crippen LogP contribution < -0.4 is 4.74 Å². The second-order valence-corrected chi connectivity index (χ2v) is 6.27. The van der Waals surface area contributed by atoms with Crippen LogP contribution in [0.2, 0.25) is 0 Å². The fraction of sp³-hybridized carbons (Fsp3) is 0.263. The van der Waals surface area contributed by atoms with Crippen molar-refractivity contribution in [3.05, 3.63) is 53.9 Å². The molecular weight excluding hydrogens is 318 g/mol. The van der Waals surface area contributed by atoms with Gasteiger partial charge in [-0.3, -0.25) is 9.69 Å². The van der Waals surface area contributed by atoms with Crippen molar-refractivity contribution in [3.8, 4) is 11.5 Å². The molecule has 25 heavy (non-hydrogen) atoms. The lowest BCUT2D eigenvalue weighted by molar-refractivity contribution is -0.142. The third-order valence-electron chi connectivity index (χ3n) is 4.22. The summed E-state index contributed by atoms with van der Waals surface area (Å²) in [5.74, 6) is 0.620. The first-order valence-corrected chi connectivity index (χ1v) is 8.04. The predicted octanol–water partition coefficient (Wildman–Crippen LogP) is 3.22. The predicted molar refractivity (Wildman–Crippen MR) is 96.2 cm³/mol. The first kappa shape index (κ1) is 17.0. The van der Waals surface area contributed by atoms with Gasteiger partial charge < -0.3 is 14.8 Å². The average Bonchev–Trinajstić information content (AvgIpc) is 2.96. The Bertz CT molecular complexity index is 885. The molecule has 0 aliphatic heterocycles. The van der Waals surface area contributed by atoms with Gasteiger partial charge in [0.2, 0.25) is 0 Å². The fourth-order valence-electron chi connectivity index (χ4n) is 2.80. The molecule has 0 unspecified atom stereocenters. The monoisotopic (exact) mass is 339 g/mol. The lowest BCUT2D eigenvalue weighted by Crippen LogP contribution is -2.37. The van der Waals surface area contributed by atoms with E-state index in [4.69, 9.17) is 4.74 Å². The van der Waals surface area contributed by atoms with Crippen molar-refractivity contribution in [2.45, 2.75) is 19.4 Å². The molecule has 0 saturated carbocycles. The highest BCUT2D eigenvalue weighted by atomic mass is 16.5.